The van der Waals surface area contributed by atoms with Crippen molar-refractivity contribution in [3.05, 3.63) is 0 Å². The molecule has 2 N–H and O–H groups in total. The second-order valence-corrected chi connectivity index (χ2v) is 23.3. The molecule has 0 aliphatic carbocycles. The fourth-order valence-corrected chi connectivity index (χ4v) is 23.7. The highest BCUT2D eigenvalue weighted by molar-refractivity contribution is 7.97. The van der Waals surface area contributed by atoms with Crippen LogP contribution in [0.15, 0.2) is 0 Å². The zero-order valence-corrected chi connectivity index (χ0v) is 28.1. The Kier molecular flexibility index (Phi) is 11.0. The number of rotatable bonds is 9. The standard InChI is InChI=1S/C24H59N9P3/c1-27(2)34(11)25-35(28(3)4,29(5)6)26-36(30(7)8,32(34)10)33-21-17-24(18-22-33)14-12-13-23-15-19-31(9)20-16-23/h23-26H,12-22H2,1-11H3/q+3. The third-order valence-electron chi connectivity index (χ3n) is 9.11. The highest BCUT2D eigenvalue weighted by Gasteiger charge is 2.80. The van der Waals surface area contributed by atoms with Crippen LogP contribution < -0.4 is 9.72 Å². The zero-order valence-electron chi connectivity index (χ0n) is 25.4. The average Bonchev–Trinajstić information content (AvgIpc) is 2.82. The molecule has 3 fully saturated rings. The number of piperidine rings is 2. The second-order valence-electron chi connectivity index (χ2n) is 12.2. The van der Waals surface area contributed by atoms with Crippen molar-refractivity contribution in [3.63, 3.8) is 0 Å². The summed E-state index contributed by atoms with van der Waals surface area (Å²) in [6.07, 6.45) is 9.78. The van der Waals surface area contributed by atoms with Gasteiger partial charge in [-0.1, -0.05) is 19.3 Å². The molecule has 3 saturated heterocycles. The molecule has 0 saturated carbocycles. The molecule has 3 heterocycles. The lowest BCUT2D eigenvalue weighted by Crippen LogP contribution is -2.60. The van der Waals surface area contributed by atoms with Crippen LogP contribution in [0.5, 0.6) is 0 Å². The molecule has 36 heavy (non-hydrogen) atoms. The molecule has 0 spiro atoms. The van der Waals surface area contributed by atoms with E-state index >= 15 is 0 Å². The Balaban J connectivity index is 1.74. The summed E-state index contributed by atoms with van der Waals surface area (Å²) in [4.78, 5) is 11.0. The Labute approximate surface area is 225 Å². The van der Waals surface area contributed by atoms with Crippen LogP contribution >= 0.6 is 23.4 Å². The van der Waals surface area contributed by atoms with Gasteiger partial charge in [0.2, 0.25) is 0 Å². The molecule has 3 rings (SSSR count). The monoisotopic (exact) mass is 566 g/mol. The SMILES string of the molecule is CN1CCC(CCCC2CCN([P+]3(N(C)C)N[P+](N(C)C)(N(C)C)N[P+](C)(N(C)C)N3C)CC2)CC1. The minimum Gasteiger partial charge on any atom is -0.306 e. The number of likely N-dealkylation sites (tertiary alicyclic amines) is 1. The molecule has 0 aromatic carbocycles. The Morgan fingerprint density at radius 2 is 1.14 bits per heavy atom. The van der Waals surface area contributed by atoms with Crippen molar-refractivity contribution in [3.8, 4) is 0 Å². The van der Waals surface area contributed by atoms with Gasteiger partial charge in [-0.2, -0.15) is 0 Å². The molecule has 3 aliphatic heterocycles. The summed E-state index contributed by atoms with van der Waals surface area (Å²) in [5.41, 5.74) is 0. The van der Waals surface area contributed by atoms with Gasteiger partial charge in [0.25, 0.3) is 0 Å². The summed E-state index contributed by atoms with van der Waals surface area (Å²) in [7, 11) is 17.0. The average molecular weight is 567 g/mol. The maximum atomic E-state index is 4.35. The van der Waals surface area contributed by atoms with E-state index in [2.05, 4.69) is 120 Å². The van der Waals surface area contributed by atoms with Gasteiger partial charge in [-0.25, -0.2) is 0 Å². The van der Waals surface area contributed by atoms with Crippen LogP contribution in [-0.2, 0) is 0 Å². The predicted octanol–water partition coefficient (Wildman–Crippen LogP) is 4.33. The van der Waals surface area contributed by atoms with Crippen molar-refractivity contribution >= 4 is 23.4 Å². The lowest BCUT2D eigenvalue weighted by Gasteiger charge is -2.52. The van der Waals surface area contributed by atoms with E-state index < -0.39 is 23.4 Å². The first-order chi connectivity index (χ1) is 16.8. The topological polar surface area (TPSA) is 46.7 Å². The van der Waals surface area contributed by atoms with E-state index in [1.165, 1.54) is 71.1 Å². The molecular weight excluding hydrogens is 507 g/mol. The van der Waals surface area contributed by atoms with Gasteiger partial charge in [0.15, 0.2) is 0 Å². The summed E-state index contributed by atoms with van der Waals surface area (Å²) < 4.78 is 15.4. The highest BCUT2D eigenvalue weighted by Crippen LogP contribution is 2.87. The van der Waals surface area contributed by atoms with E-state index in [-0.39, 0.29) is 0 Å². The second kappa shape index (κ2) is 12.6. The lowest BCUT2D eigenvalue weighted by molar-refractivity contribution is 0.201. The van der Waals surface area contributed by atoms with Gasteiger partial charge in [-0.3, -0.25) is 0 Å². The van der Waals surface area contributed by atoms with Crippen molar-refractivity contribution in [1.29, 1.82) is 0 Å². The van der Waals surface area contributed by atoms with Crippen molar-refractivity contribution in [2.45, 2.75) is 44.9 Å². The van der Waals surface area contributed by atoms with E-state index in [1.54, 1.807) is 0 Å². The normalized spacial score (nSPS) is 32.4. The first kappa shape index (κ1) is 31.5. The molecule has 0 aromatic heterocycles. The maximum Gasteiger partial charge on any atom is 0.380 e. The van der Waals surface area contributed by atoms with Crippen LogP contribution in [0.3, 0.4) is 0 Å². The van der Waals surface area contributed by atoms with Crippen LogP contribution in [0.25, 0.3) is 0 Å². The minimum atomic E-state index is -1.96. The Bertz CT molecular complexity index is 688. The molecule has 0 amide bonds. The van der Waals surface area contributed by atoms with E-state index in [1.807, 2.05) is 0 Å². The molecule has 0 aromatic rings. The number of hydrogen-bond donors (Lipinski definition) is 2. The fourth-order valence-electron chi connectivity index (χ4n) is 6.29. The van der Waals surface area contributed by atoms with Crippen LogP contribution in [0.4, 0.5) is 0 Å². The largest absolute Gasteiger partial charge is 0.380 e. The molecule has 2 atom stereocenters. The first-order valence-corrected chi connectivity index (χ1v) is 19.4. The Hall–Kier alpha value is 0.930. The summed E-state index contributed by atoms with van der Waals surface area (Å²) in [5, 5.41) is 0. The molecule has 9 nitrogen and oxygen atoms in total. The Morgan fingerprint density at radius 1 is 0.667 bits per heavy atom. The summed E-state index contributed by atoms with van der Waals surface area (Å²) in [6, 6.07) is 0. The smallest absolute Gasteiger partial charge is 0.306 e. The molecule has 0 bridgehead atoms. The summed E-state index contributed by atoms with van der Waals surface area (Å²) in [6.45, 7) is 7.44. The van der Waals surface area contributed by atoms with Crippen molar-refractivity contribution < 1.29 is 0 Å². The maximum absolute atomic E-state index is 4.35. The van der Waals surface area contributed by atoms with E-state index in [9.17, 15) is 0 Å². The van der Waals surface area contributed by atoms with Crippen LogP contribution in [-0.4, -0.2) is 136 Å². The highest BCUT2D eigenvalue weighted by atomic mass is 31.3. The molecule has 0 radical (unpaired) electrons. The fraction of sp³-hybridized carbons (Fsp3) is 1.00. The zero-order chi connectivity index (χ0) is 26.9. The molecule has 2 unspecified atom stereocenters. The third kappa shape index (κ3) is 6.14. The van der Waals surface area contributed by atoms with E-state index in [0.29, 0.717) is 0 Å². The lowest BCUT2D eigenvalue weighted by atomic mass is 9.87. The van der Waals surface area contributed by atoms with Crippen molar-refractivity contribution in [1.82, 2.24) is 42.4 Å². The number of hydrogen-bond acceptors (Lipinski definition) is 9. The van der Waals surface area contributed by atoms with E-state index in [4.69, 9.17) is 0 Å². The summed E-state index contributed by atoms with van der Waals surface area (Å²) in [5.74, 6) is 1.86. The minimum absolute atomic E-state index is 0.889. The van der Waals surface area contributed by atoms with Gasteiger partial charge in [0, 0.05) is 83.6 Å². The van der Waals surface area contributed by atoms with Gasteiger partial charge in [0.05, 0.1) is 7.05 Å². The third-order valence-corrected chi connectivity index (χ3v) is 23.8. The number of nitrogens with zero attached hydrogens (tertiary/aromatic N) is 7. The van der Waals surface area contributed by atoms with Gasteiger partial charge >= 0.3 is 23.4 Å². The molecular formula is C24H59N9P3+3. The molecule has 212 valence electrons. The number of nitrogens with one attached hydrogen (secondary N) is 2. The molecule has 3 aliphatic rings. The predicted molar refractivity (Wildman–Crippen MR) is 164 cm³/mol. The van der Waals surface area contributed by atoms with E-state index in [0.717, 1.165) is 11.8 Å². The van der Waals surface area contributed by atoms with Gasteiger partial charge in [0.1, 0.15) is 6.66 Å². The van der Waals surface area contributed by atoms with Gasteiger partial charge < -0.3 is 4.90 Å². The van der Waals surface area contributed by atoms with Crippen molar-refractivity contribution in [2.75, 3.05) is 103 Å². The Morgan fingerprint density at radius 3 is 1.56 bits per heavy atom. The van der Waals surface area contributed by atoms with Gasteiger partial charge in [-0.15, -0.1) is 23.4 Å². The van der Waals surface area contributed by atoms with Gasteiger partial charge in [-0.05, 0) is 57.7 Å². The van der Waals surface area contributed by atoms with Crippen LogP contribution in [0.1, 0.15) is 44.9 Å². The molecule has 12 heteroatoms. The summed E-state index contributed by atoms with van der Waals surface area (Å²) >= 11 is 0. The van der Waals surface area contributed by atoms with Crippen LogP contribution in [0, 0.1) is 11.8 Å². The quantitative estimate of drug-likeness (QED) is 0.397. The first-order valence-electron chi connectivity index (χ1n) is 13.9. The van der Waals surface area contributed by atoms with Crippen molar-refractivity contribution in [2.24, 2.45) is 11.8 Å². The van der Waals surface area contributed by atoms with Crippen LogP contribution in [0.2, 0.25) is 0 Å².